The highest BCUT2D eigenvalue weighted by Gasteiger charge is 2.24. The molecule has 0 heterocycles. The van der Waals surface area contributed by atoms with Crippen LogP contribution in [0.1, 0.15) is 44.8 Å². The molecule has 3 aromatic rings. The topological polar surface area (TPSA) is 165 Å². The second-order valence-electron chi connectivity index (χ2n) is 9.50. The number of sulfonamides is 1. The number of aliphatic hydroxyl groups excluding tert-OH is 1. The lowest BCUT2D eigenvalue weighted by Gasteiger charge is -2.24. The molecule has 0 aliphatic rings. The minimum absolute atomic E-state index is 0.00588. The smallest absolute Gasteiger partial charge is 0.251 e. The lowest BCUT2D eigenvalue weighted by Crippen LogP contribution is -2.46. The Hall–Kier alpha value is -4.45. The van der Waals surface area contributed by atoms with Crippen molar-refractivity contribution in [2.75, 3.05) is 24.2 Å². The number of carbonyl (C=O) groups excluding carboxylic acids is 2. The maximum absolute atomic E-state index is 13.4. The molecule has 0 unspecified atom stereocenters. The van der Waals surface area contributed by atoms with Crippen molar-refractivity contribution in [3.05, 3.63) is 111 Å². The van der Waals surface area contributed by atoms with Gasteiger partial charge in [-0.05, 0) is 60.3 Å². The van der Waals surface area contributed by atoms with E-state index in [4.69, 9.17) is 5.53 Å². The summed E-state index contributed by atoms with van der Waals surface area (Å²) in [5.41, 5.74) is 10.2. The Balaban J connectivity index is 1.95. The van der Waals surface area contributed by atoms with Crippen LogP contribution in [-0.4, -0.2) is 57.3 Å². The summed E-state index contributed by atoms with van der Waals surface area (Å²) in [6.45, 7) is 1.41. The summed E-state index contributed by atoms with van der Waals surface area (Å²) in [5.74, 6) is -1.70. The maximum atomic E-state index is 13.4. The van der Waals surface area contributed by atoms with Crippen LogP contribution in [0.5, 0.6) is 0 Å². The van der Waals surface area contributed by atoms with Crippen LogP contribution in [-0.2, 0) is 16.4 Å². The molecule has 0 bridgehead atoms. The first kappa shape index (κ1) is 31.1. The number of hydrogen-bond donors (Lipinski definition) is 3. The van der Waals surface area contributed by atoms with Gasteiger partial charge in [0.1, 0.15) is 5.82 Å². The van der Waals surface area contributed by atoms with Crippen molar-refractivity contribution >= 4 is 27.5 Å². The summed E-state index contributed by atoms with van der Waals surface area (Å²) in [5, 5.41) is 19.6. The Bertz CT molecular complexity index is 1530. The molecule has 0 saturated carbocycles. The number of rotatable bonds is 12. The van der Waals surface area contributed by atoms with Crippen LogP contribution >= 0.6 is 0 Å². The first-order chi connectivity index (χ1) is 19.4. The Morgan fingerprint density at radius 3 is 2.17 bits per heavy atom. The third kappa shape index (κ3) is 8.77. The summed E-state index contributed by atoms with van der Waals surface area (Å²) in [6, 6.07) is 17.2. The van der Waals surface area contributed by atoms with Crippen LogP contribution in [0.2, 0.25) is 0 Å². The molecule has 41 heavy (non-hydrogen) atoms. The molecule has 0 fully saturated rings. The van der Waals surface area contributed by atoms with Gasteiger partial charge in [-0.25, -0.2) is 12.8 Å². The molecule has 11 nitrogen and oxygen atoms in total. The van der Waals surface area contributed by atoms with Crippen molar-refractivity contribution in [2.45, 2.75) is 31.5 Å². The predicted molar refractivity (Wildman–Crippen MR) is 153 cm³/mol. The largest absolute Gasteiger partial charge is 0.391 e. The average Bonchev–Trinajstić information content (AvgIpc) is 2.95. The van der Waals surface area contributed by atoms with Gasteiger partial charge in [0.15, 0.2) is 0 Å². The fourth-order valence-corrected chi connectivity index (χ4v) is 4.50. The minimum atomic E-state index is -3.75. The van der Waals surface area contributed by atoms with E-state index in [2.05, 4.69) is 20.7 Å². The summed E-state index contributed by atoms with van der Waals surface area (Å²) in [6.07, 6.45) is -0.0330. The fraction of sp³-hybridized carbons (Fsp3) is 0.286. The Morgan fingerprint density at radius 1 is 1.02 bits per heavy atom. The third-order valence-corrected chi connectivity index (χ3v) is 7.64. The number of carbonyl (C=O) groups is 2. The molecule has 3 rings (SSSR count). The molecule has 0 spiro atoms. The van der Waals surface area contributed by atoms with E-state index in [1.165, 1.54) is 49.5 Å². The van der Waals surface area contributed by atoms with Crippen molar-refractivity contribution in [2.24, 2.45) is 5.11 Å². The van der Waals surface area contributed by atoms with E-state index in [-0.39, 0.29) is 29.8 Å². The number of aliphatic hydroxyl groups is 1. The number of benzene rings is 3. The van der Waals surface area contributed by atoms with Crippen LogP contribution in [0.15, 0.2) is 77.9 Å². The first-order valence-electron chi connectivity index (χ1n) is 12.6. The fourth-order valence-electron chi connectivity index (χ4n) is 4.01. The van der Waals surface area contributed by atoms with Gasteiger partial charge in [0.25, 0.3) is 11.8 Å². The Morgan fingerprint density at radius 2 is 1.61 bits per heavy atom. The van der Waals surface area contributed by atoms with Gasteiger partial charge in [-0.15, -0.1) is 0 Å². The summed E-state index contributed by atoms with van der Waals surface area (Å²) in [4.78, 5) is 29.3. The van der Waals surface area contributed by atoms with Crippen LogP contribution in [0.25, 0.3) is 10.4 Å². The van der Waals surface area contributed by atoms with Gasteiger partial charge >= 0.3 is 0 Å². The number of amides is 2. The van der Waals surface area contributed by atoms with Crippen molar-refractivity contribution in [3.8, 4) is 0 Å². The number of hydrogen-bond acceptors (Lipinski definition) is 6. The van der Waals surface area contributed by atoms with E-state index in [0.29, 0.717) is 5.56 Å². The minimum Gasteiger partial charge on any atom is -0.391 e. The van der Waals surface area contributed by atoms with Crippen molar-refractivity contribution in [1.82, 2.24) is 10.6 Å². The van der Waals surface area contributed by atoms with Crippen LogP contribution < -0.4 is 14.9 Å². The second kappa shape index (κ2) is 13.8. The molecule has 0 aliphatic heterocycles. The highest BCUT2D eigenvalue weighted by atomic mass is 32.2. The van der Waals surface area contributed by atoms with Gasteiger partial charge in [0.2, 0.25) is 10.0 Å². The SMILES string of the molecule is C[C@@H](NC(=O)c1cc(C(=O)N[C@@H](Cc2ccccc2)[C@@H](O)CN=[N+]=[N-])cc(N(C)S(C)(=O)=O)c1)c1ccc(F)cc1. The maximum Gasteiger partial charge on any atom is 0.251 e. The van der Waals surface area contributed by atoms with Crippen molar-refractivity contribution in [3.63, 3.8) is 0 Å². The number of anilines is 1. The number of nitrogens with zero attached hydrogens (tertiary/aromatic N) is 4. The standard InChI is InChI=1S/C28H31FN6O5S/c1-18(20-9-11-23(29)12-10-20)32-27(37)21-14-22(16-24(15-21)35(2)41(3,39)40)28(38)33-25(26(36)17-31-34-30)13-19-7-5-4-6-8-19/h4-12,14-16,18,25-26,36H,13,17H2,1-3H3,(H,32,37)(H,33,38)/t18-,25+,26+/m1/s1. The normalized spacial score (nSPS) is 13.3. The molecule has 0 radical (unpaired) electrons. The Kier molecular flexibility index (Phi) is 10.4. The first-order valence-corrected chi connectivity index (χ1v) is 14.4. The molecule has 3 N–H and O–H groups in total. The quantitative estimate of drug-likeness (QED) is 0.168. The molecule has 3 atom stereocenters. The molecule has 3 aromatic carbocycles. The van der Waals surface area contributed by atoms with E-state index in [1.807, 2.05) is 18.2 Å². The van der Waals surface area contributed by atoms with Crippen molar-refractivity contribution < 1.29 is 27.5 Å². The van der Waals surface area contributed by atoms with E-state index in [0.717, 1.165) is 16.1 Å². The molecule has 216 valence electrons. The molecule has 0 aromatic heterocycles. The number of nitrogens with one attached hydrogen (secondary N) is 2. The molecule has 2 amide bonds. The predicted octanol–water partition coefficient (Wildman–Crippen LogP) is 3.72. The van der Waals surface area contributed by atoms with Crippen molar-refractivity contribution in [1.29, 1.82) is 0 Å². The molecular weight excluding hydrogens is 551 g/mol. The average molecular weight is 583 g/mol. The Labute approximate surface area is 237 Å². The van der Waals surface area contributed by atoms with Gasteiger partial charge in [0, 0.05) is 23.1 Å². The van der Waals surface area contributed by atoms with Gasteiger partial charge < -0.3 is 15.7 Å². The van der Waals surface area contributed by atoms with E-state index in [9.17, 15) is 27.5 Å². The summed E-state index contributed by atoms with van der Waals surface area (Å²) < 4.78 is 38.8. The highest BCUT2D eigenvalue weighted by Crippen LogP contribution is 2.22. The van der Waals surface area contributed by atoms with Gasteiger partial charge in [-0.3, -0.25) is 13.9 Å². The monoisotopic (exact) mass is 582 g/mol. The lowest BCUT2D eigenvalue weighted by molar-refractivity contribution is 0.0845. The van der Waals surface area contributed by atoms with Crippen LogP contribution in [0.3, 0.4) is 0 Å². The molecular formula is C28H31FN6O5S. The van der Waals surface area contributed by atoms with E-state index >= 15 is 0 Å². The molecule has 0 saturated heterocycles. The van der Waals surface area contributed by atoms with Gasteiger partial charge in [-0.2, -0.15) is 0 Å². The van der Waals surface area contributed by atoms with Gasteiger partial charge in [-0.1, -0.05) is 47.6 Å². The van der Waals surface area contributed by atoms with Crippen LogP contribution in [0.4, 0.5) is 10.1 Å². The lowest BCUT2D eigenvalue weighted by atomic mass is 10.00. The zero-order valence-corrected chi connectivity index (χ0v) is 23.5. The van der Waals surface area contributed by atoms with Gasteiger partial charge in [0.05, 0.1) is 36.7 Å². The number of halogens is 1. The van der Waals surface area contributed by atoms with E-state index < -0.39 is 45.8 Å². The molecule has 13 heteroatoms. The third-order valence-electron chi connectivity index (χ3n) is 6.43. The second-order valence-corrected chi connectivity index (χ2v) is 11.5. The molecule has 0 aliphatic carbocycles. The van der Waals surface area contributed by atoms with Crippen LogP contribution in [0, 0.1) is 5.82 Å². The highest BCUT2D eigenvalue weighted by molar-refractivity contribution is 7.92. The van der Waals surface area contributed by atoms with E-state index in [1.54, 1.807) is 19.1 Å². The zero-order chi connectivity index (χ0) is 30.2. The summed E-state index contributed by atoms with van der Waals surface area (Å²) in [7, 11) is -2.46. The number of azide groups is 1. The summed E-state index contributed by atoms with van der Waals surface area (Å²) >= 11 is 0. The zero-order valence-electron chi connectivity index (χ0n) is 22.7.